The number of benzene rings is 1. The third-order valence-corrected chi connectivity index (χ3v) is 5.84. The molecule has 1 aliphatic rings. The molecule has 2 aromatic rings. The van der Waals surface area contributed by atoms with Crippen molar-refractivity contribution in [1.29, 1.82) is 0 Å². The largest absolute Gasteiger partial charge is 0.375 e. The van der Waals surface area contributed by atoms with Crippen LogP contribution in [-0.4, -0.2) is 19.3 Å². The van der Waals surface area contributed by atoms with E-state index in [-0.39, 0.29) is 0 Å². The maximum Gasteiger partial charge on any atom is 0.0600 e. The Morgan fingerprint density at radius 1 is 1.15 bits per heavy atom. The Kier molecular flexibility index (Phi) is 3.85. The molecular weight excluding hydrogens is 266 g/mol. The highest BCUT2D eigenvalue weighted by molar-refractivity contribution is 7.17. The molecule has 1 fully saturated rings. The Morgan fingerprint density at radius 2 is 1.90 bits per heavy atom. The lowest BCUT2D eigenvalue weighted by molar-refractivity contribution is 0.0479. The fourth-order valence-corrected chi connectivity index (χ4v) is 4.66. The summed E-state index contributed by atoms with van der Waals surface area (Å²) >= 11 is 1.84. The molecule has 3 heteroatoms. The predicted molar refractivity (Wildman–Crippen MR) is 86.3 cm³/mol. The van der Waals surface area contributed by atoms with E-state index in [4.69, 9.17) is 4.74 Å². The number of thiophene rings is 1. The molecule has 5 atom stereocenters. The monoisotopic (exact) mass is 289 g/mol. The molecule has 0 amide bonds. The Balaban J connectivity index is 2.02. The summed E-state index contributed by atoms with van der Waals surface area (Å²) in [6.07, 6.45) is 0.645. The number of rotatable bonds is 3. The maximum absolute atomic E-state index is 6.04. The zero-order valence-electron chi connectivity index (χ0n) is 12.6. The van der Waals surface area contributed by atoms with Gasteiger partial charge >= 0.3 is 0 Å². The van der Waals surface area contributed by atoms with E-state index in [0.717, 1.165) is 0 Å². The molecule has 2 nitrogen and oxygen atoms in total. The van der Waals surface area contributed by atoms with E-state index in [1.54, 1.807) is 0 Å². The van der Waals surface area contributed by atoms with Crippen LogP contribution in [0.5, 0.6) is 0 Å². The minimum Gasteiger partial charge on any atom is -0.375 e. The van der Waals surface area contributed by atoms with Gasteiger partial charge in [-0.1, -0.05) is 25.1 Å². The average Bonchev–Trinajstić information content (AvgIpc) is 2.97. The second-order valence-corrected chi connectivity index (χ2v) is 6.85. The number of nitrogens with one attached hydrogen (secondary N) is 1. The smallest absolute Gasteiger partial charge is 0.0600 e. The molecule has 0 bridgehead atoms. The second-order valence-electron chi connectivity index (χ2n) is 5.94. The quantitative estimate of drug-likeness (QED) is 0.913. The van der Waals surface area contributed by atoms with Crippen molar-refractivity contribution in [1.82, 2.24) is 5.32 Å². The first kappa shape index (κ1) is 14.1. The van der Waals surface area contributed by atoms with Crippen molar-refractivity contribution in [3.05, 3.63) is 35.2 Å². The molecule has 0 aliphatic carbocycles. The molecule has 2 heterocycles. The van der Waals surface area contributed by atoms with Crippen LogP contribution >= 0.6 is 11.3 Å². The van der Waals surface area contributed by atoms with Crippen molar-refractivity contribution in [2.45, 2.75) is 39.0 Å². The van der Waals surface area contributed by atoms with Gasteiger partial charge in [0.2, 0.25) is 0 Å². The minimum atomic E-state index is 0.302. The van der Waals surface area contributed by atoms with Crippen LogP contribution in [0.1, 0.15) is 32.4 Å². The van der Waals surface area contributed by atoms with Gasteiger partial charge in [0.15, 0.2) is 0 Å². The molecule has 1 aromatic heterocycles. The van der Waals surface area contributed by atoms with E-state index >= 15 is 0 Å². The zero-order valence-corrected chi connectivity index (χ0v) is 13.4. The number of hydrogen-bond donors (Lipinski definition) is 1. The van der Waals surface area contributed by atoms with Crippen molar-refractivity contribution >= 4 is 21.4 Å². The highest BCUT2D eigenvalue weighted by Crippen LogP contribution is 2.43. The third-order valence-electron chi connectivity index (χ3n) is 4.86. The summed E-state index contributed by atoms with van der Waals surface area (Å²) in [5.74, 6) is 1.09. The summed E-state index contributed by atoms with van der Waals surface area (Å²) in [5.41, 5.74) is 1.43. The van der Waals surface area contributed by atoms with Gasteiger partial charge in [0, 0.05) is 16.7 Å². The third kappa shape index (κ3) is 2.18. The van der Waals surface area contributed by atoms with Crippen molar-refractivity contribution in [2.24, 2.45) is 11.8 Å². The van der Waals surface area contributed by atoms with E-state index in [1.165, 1.54) is 15.6 Å². The van der Waals surface area contributed by atoms with Crippen LogP contribution in [0.2, 0.25) is 0 Å². The topological polar surface area (TPSA) is 21.3 Å². The zero-order chi connectivity index (χ0) is 14.3. The number of ether oxygens (including phenoxy) is 1. The van der Waals surface area contributed by atoms with E-state index in [0.29, 0.717) is 30.1 Å². The molecule has 1 aromatic carbocycles. The lowest BCUT2D eigenvalue weighted by Gasteiger charge is -2.28. The molecule has 5 unspecified atom stereocenters. The summed E-state index contributed by atoms with van der Waals surface area (Å²) in [6.45, 7) is 6.72. The first-order chi connectivity index (χ1) is 9.63. The average molecular weight is 289 g/mol. The summed E-state index contributed by atoms with van der Waals surface area (Å²) in [4.78, 5) is 0. The van der Waals surface area contributed by atoms with Crippen LogP contribution < -0.4 is 5.32 Å². The normalized spacial score (nSPS) is 31.8. The summed E-state index contributed by atoms with van der Waals surface area (Å²) in [6, 6.07) is 9.05. The summed E-state index contributed by atoms with van der Waals surface area (Å²) in [5, 5.41) is 7.25. The maximum atomic E-state index is 6.04. The summed E-state index contributed by atoms with van der Waals surface area (Å²) < 4.78 is 7.41. The standard InChI is InChI=1S/C17H23NOS/c1-10-11(2)19-12(3)16(10)17(18-4)14-9-20-15-8-6-5-7-13(14)15/h5-12,16-18H,1-4H3. The Bertz CT molecular complexity index is 593. The van der Waals surface area contributed by atoms with Gasteiger partial charge in [0.05, 0.1) is 12.2 Å². The van der Waals surface area contributed by atoms with Gasteiger partial charge in [-0.25, -0.2) is 0 Å². The molecule has 0 radical (unpaired) electrons. The van der Waals surface area contributed by atoms with Crippen LogP contribution in [0.25, 0.3) is 10.1 Å². The molecule has 0 spiro atoms. The molecule has 1 aliphatic heterocycles. The fourth-order valence-electron chi connectivity index (χ4n) is 3.66. The Hall–Kier alpha value is -0.900. The number of hydrogen-bond acceptors (Lipinski definition) is 3. The highest BCUT2D eigenvalue weighted by atomic mass is 32.1. The van der Waals surface area contributed by atoms with Gasteiger partial charge in [-0.05, 0) is 49.2 Å². The number of fused-ring (bicyclic) bond motifs is 1. The van der Waals surface area contributed by atoms with Crippen LogP contribution in [0, 0.1) is 11.8 Å². The van der Waals surface area contributed by atoms with E-state index in [9.17, 15) is 0 Å². The van der Waals surface area contributed by atoms with Crippen molar-refractivity contribution < 1.29 is 4.74 Å². The van der Waals surface area contributed by atoms with Crippen LogP contribution in [-0.2, 0) is 4.74 Å². The van der Waals surface area contributed by atoms with Crippen molar-refractivity contribution in [3.8, 4) is 0 Å². The lowest BCUT2D eigenvalue weighted by Crippen LogP contribution is -2.32. The second kappa shape index (κ2) is 5.47. The molecule has 20 heavy (non-hydrogen) atoms. The van der Waals surface area contributed by atoms with Crippen LogP contribution in [0.4, 0.5) is 0 Å². The van der Waals surface area contributed by atoms with Gasteiger partial charge in [0.25, 0.3) is 0 Å². The molecule has 1 saturated heterocycles. The van der Waals surface area contributed by atoms with E-state index in [2.05, 4.69) is 62.8 Å². The van der Waals surface area contributed by atoms with Crippen molar-refractivity contribution in [2.75, 3.05) is 7.05 Å². The van der Waals surface area contributed by atoms with Gasteiger partial charge in [-0.2, -0.15) is 0 Å². The highest BCUT2D eigenvalue weighted by Gasteiger charge is 2.42. The Labute approximate surface area is 125 Å². The minimum absolute atomic E-state index is 0.302. The first-order valence-electron chi connectivity index (χ1n) is 7.42. The molecule has 0 saturated carbocycles. The van der Waals surface area contributed by atoms with E-state index in [1.807, 2.05) is 11.3 Å². The van der Waals surface area contributed by atoms with Crippen LogP contribution in [0.15, 0.2) is 29.6 Å². The molecule has 1 N–H and O–H groups in total. The molecule has 3 rings (SSSR count). The fraction of sp³-hybridized carbons (Fsp3) is 0.529. The van der Waals surface area contributed by atoms with Gasteiger partial charge in [0.1, 0.15) is 0 Å². The van der Waals surface area contributed by atoms with Gasteiger partial charge < -0.3 is 10.1 Å². The van der Waals surface area contributed by atoms with Gasteiger partial charge in [-0.3, -0.25) is 0 Å². The van der Waals surface area contributed by atoms with E-state index < -0.39 is 0 Å². The predicted octanol–water partition coefficient (Wildman–Crippen LogP) is 4.22. The van der Waals surface area contributed by atoms with Crippen LogP contribution in [0.3, 0.4) is 0 Å². The SMILES string of the molecule is CNC(c1csc2ccccc12)C1C(C)OC(C)C1C. The first-order valence-corrected chi connectivity index (χ1v) is 8.30. The van der Waals surface area contributed by atoms with Gasteiger partial charge in [-0.15, -0.1) is 11.3 Å². The summed E-state index contributed by atoms with van der Waals surface area (Å²) in [7, 11) is 2.07. The van der Waals surface area contributed by atoms with Crippen molar-refractivity contribution in [3.63, 3.8) is 0 Å². The lowest BCUT2D eigenvalue weighted by atomic mass is 9.80. The molecular formula is C17H23NOS. The molecule has 108 valence electrons. The Morgan fingerprint density at radius 3 is 2.55 bits per heavy atom.